The predicted molar refractivity (Wildman–Crippen MR) is 87.0 cm³/mol. The lowest BCUT2D eigenvalue weighted by atomic mass is 10.3. The molecule has 106 valence electrons. The molecule has 0 spiro atoms. The highest BCUT2D eigenvalue weighted by Gasteiger charge is 1.99. The van der Waals surface area contributed by atoms with Crippen molar-refractivity contribution < 1.29 is 4.74 Å². The van der Waals surface area contributed by atoms with Gasteiger partial charge in [-0.05, 0) is 36.4 Å². The molecule has 0 fully saturated rings. The van der Waals surface area contributed by atoms with E-state index in [9.17, 15) is 0 Å². The van der Waals surface area contributed by atoms with Crippen molar-refractivity contribution in [2.45, 2.75) is 19.1 Å². The van der Waals surface area contributed by atoms with Crippen molar-refractivity contribution >= 4 is 17.4 Å². The molecule has 0 unspecified atom stereocenters. The molecular weight excluding hydrogens is 268 g/mol. The van der Waals surface area contributed by atoms with E-state index in [1.807, 2.05) is 54.6 Å². The Bertz CT molecular complexity index is 512. The van der Waals surface area contributed by atoms with E-state index in [1.54, 1.807) is 18.9 Å². The molecule has 0 N–H and O–H groups in total. The van der Waals surface area contributed by atoms with Gasteiger partial charge in [0.2, 0.25) is 0 Å². The average Bonchev–Trinajstić information content (AvgIpc) is 2.45. The fourth-order valence-corrected chi connectivity index (χ4v) is 2.24. The van der Waals surface area contributed by atoms with Gasteiger partial charge in [0, 0.05) is 24.2 Å². The molecular formula is C16H20N2OS. The maximum atomic E-state index is 9.01. The Hall–Kier alpha value is -1.86. The lowest BCUT2D eigenvalue weighted by molar-refractivity contribution is 0.415. The Balaban J connectivity index is 2.68. The SMILES string of the molecule is COc1ccc(N(C)C=CC=C(C#N)SC(C)C)cc1. The quantitative estimate of drug-likeness (QED) is 0.581. The number of nitrogens with zero attached hydrogens (tertiary/aromatic N) is 2. The second-order valence-corrected chi connectivity index (χ2v) is 6.08. The van der Waals surface area contributed by atoms with Gasteiger partial charge in [0.05, 0.1) is 12.0 Å². The van der Waals surface area contributed by atoms with Crippen LogP contribution < -0.4 is 9.64 Å². The fourth-order valence-electron chi connectivity index (χ4n) is 1.52. The lowest BCUT2D eigenvalue weighted by Gasteiger charge is -2.14. The van der Waals surface area contributed by atoms with Crippen LogP contribution in [0.25, 0.3) is 0 Å². The standard InChI is InChI=1S/C16H20N2OS/c1-13(2)20-16(12-17)6-5-11-18(3)14-7-9-15(19-4)10-8-14/h5-11,13H,1-4H3. The number of benzene rings is 1. The van der Waals surface area contributed by atoms with Gasteiger partial charge in [0.1, 0.15) is 11.8 Å². The van der Waals surface area contributed by atoms with Gasteiger partial charge in [0.25, 0.3) is 0 Å². The van der Waals surface area contributed by atoms with Crippen molar-refractivity contribution in [3.8, 4) is 11.8 Å². The van der Waals surface area contributed by atoms with E-state index < -0.39 is 0 Å². The Morgan fingerprint density at radius 2 is 2.00 bits per heavy atom. The zero-order valence-corrected chi connectivity index (χ0v) is 13.1. The first-order valence-corrected chi connectivity index (χ1v) is 7.27. The number of thioether (sulfide) groups is 1. The topological polar surface area (TPSA) is 36.3 Å². The highest BCUT2D eigenvalue weighted by Crippen LogP contribution is 2.21. The Kier molecular flexibility index (Phi) is 6.75. The van der Waals surface area contributed by atoms with Crippen molar-refractivity contribution in [1.82, 2.24) is 0 Å². The van der Waals surface area contributed by atoms with Crippen molar-refractivity contribution in [2.75, 3.05) is 19.1 Å². The van der Waals surface area contributed by atoms with Gasteiger partial charge in [-0.25, -0.2) is 0 Å². The van der Waals surface area contributed by atoms with E-state index in [-0.39, 0.29) is 0 Å². The van der Waals surface area contributed by atoms with Crippen LogP contribution in [0.15, 0.2) is 47.5 Å². The van der Waals surface area contributed by atoms with Gasteiger partial charge in [0.15, 0.2) is 0 Å². The highest BCUT2D eigenvalue weighted by atomic mass is 32.2. The lowest BCUT2D eigenvalue weighted by Crippen LogP contribution is -2.07. The first-order chi connectivity index (χ1) is 9.56. The van der Waals surface area contributed by atoms with Crippen LogP contribution >= 0.6 is 11.8 Å². The molecule has 3 nitrogen and oxygen atoms in total. The second kappa shape index (κ2) is 8.34. The fraction of sp³-hybridized carbons (Fsp3) is 0.312. The zero-order valence-electron chi connectivity index (χ0n) is 12.3. The number of ether oxygens (including phenoxy) is 1. The summed E-state index contributed by atoms with van der Waals surface area (Å²) in [6.07, 6.45) is 5.66. The summed E-state index contributed by atoms with van der Waals surface area (Å²) in [6.45, 7) is 4.14. The van der Waals surface area contributed by atoms with Crippen LogP contribution in [0.2, 0.25) is 0 Å². The third-order valence-corrected chi connectivity index (χ3v) is 3.46. The van der Waals surface area contributed by atoms with Crippen LogP contribution in [0.3, 0.4) is 0 Å². The molecule has 0 aliphatic rings. The Morgan fingerprint density at radius 1 is 1.35 bits per heavy atom. The molecule has 4 heteroatoms. The molecule has 0 atom stereocenters. The van der Waals surface area contributed by atoms with Gasteiger partial charge in [-0.1, -0.05) is 13.8 Å². The van der Waals surface area contributed by atoms with E-state index in [2.05, 4.69) is 19.9 Å². The van der Waals surface area contributed by atoms with Crippen LogP contribution in [0, 0.1) is 11.3 Å². The van der Waals surface area contributed by atoms with Crippen LogP contribution in [-0.4, -0.2) is 19.4 Å². The van der Waals surface area contributed by atoms with Crippen molar-refractivity contribution in [3.63, 3.8) is 0 Å². The largest absolute Gasteiger partial charge is 0.497 e. The third kappa shape index (κ3) is 5.41. The summed E-state index contributed by atoms with van der Waals surface area (Å²) < 4.78 is 5.13. The zero-order chi connectivity index (χ0) is 15.0. The van der Waals surface area contributed by atoms with Crippen LogP contribution in [0.4, 0.5) is 5.69 Å². The van der Waals surface area contributed by atoms with Crippen molar-refractivity contribution in [3.05, 3.63) is 47.5 Å². The van der Waals surface area contributed by atoms with Gasteiger partial charge in [-0.15, -0.1) is 11.8 Å². The minimum absolute atomic E-state index is 0.411. The van der Waals surface area contributed by atoms with Crippen LogP contribution in [0.5, 0.6) is 5.75 Å². The number of hydrogen-bond acceptors (Lipinski definition) is 4. The van der Waals surface area contributed by atoms with Gasteiger partial charge in [-0.2, -0.15) is 5.26 Å². The number of allylic oxidation sites excluding steroid dienone is 3. The van der Waals surface area contributed by atoms with Gasteiger partial charge >= 0.3 is 0 Å². The monoisotopic (exact) mass is 288 g/mol. The summed E-state index contributed by atoms with van der Waals surface area (Å²) in [4.78, 5) is 2.71. The number of anilines is 1. The van der Waals surface area contributed by atoms with Crippen molar-refractivity contribution in [2.24, 2.45) is 0 Å². The molecule has 20 heavy (non-hydrogen) atoms. The summed E-state index contributed by atoms with van der Waals surface area (Å²) in [5.74, 6) is 0.839. The average molecular weight is 288 g/mol. The third-order valence-electron chi connectivity index (χ3n) is 2.51. The minimum Gasteiger partial charge on any atom is -0.497 e. The maximum absolute atomic E-state index is 9.01. The molecule has 0 radical (unpaired) electrons. The maximum Gasteiger partial charge on any atom is 0.119 e. The molecule has 0 heterocycles. The molecule has 0 aliphatic carbocycles. The minimum atomic E-state index is 0.411. The predicted octanol–water partition coefficient (Wildman–Crippen LogP) is 4.19. The van der Waals surface area contributed by atoms with Crippen LogP contribution in [0.1, 0.15) is 13.8 Å². The highest BCUT2D eigenvalue weighted by molar-refractivity contribution is 8.03. The summed E-state index contributed by atoms with van der Waals surface area (Å²) >= 11 is 1.57. The molecule has 1 aromatic rings. The summed E-state index contributed by atoms with van der Waals surface area (Å²) in [7, 11) is 3.62. The van der Waals surface area contributed by atoms with E-state index in [0.717, 1.165) is 16.3 Å². The van der Waals surface area contributed by atoms with E-state index in [1.165, 1.54) is 0 Å². The normalized spacial score (nSPS) is 11.7. The molecule has 0 saturated carbocycles. The molecule has 0 bridgehead atoms. The second-order valence-electron chi connectivity index (χ2n) is 4.46. The number of methoxy groups -OCH3 is 1. The molecule has 0 saturated heterocycles. The molecule has 0 aromatic heterocycles. The number of nitriles is 1. The molecule has 1 rings (SSSR count). The van der Waals surface area contributed by atoms with E-state index in [4.69, 9.17) is 10.00 Å². The molecule has 1 aromatic carbocycles. The van der Waals surface area contributed by atoms with E-state index in [0.29, 0.717) is 5.25 Å². The smallest absolute Gasteiger partial charge is 0.119 e. The summed E-state index contributed by atoms with van der Waals surface area (Å²) in [6, 6.07) is 10.0. The number of hydrogen-bond donors (Lipinski definition) is 0. The first-order valence-electron chi connectivity index (χ1n) is 6.39. The summed E-state index contributed by atoms with van der Waals surface area (Å²) in [5.41, 5.74) is 1.06. The first kappa shape index (κ1) is 16.2. The Labute approximate surface area is 125 Å². The van der Waals surface area contributed by atoms with Gasteiger partial charge in [-0.3, -0.25) is 0 Å². The van der Waals surface area contributed by atoms with Gasteiger partial charge < -0.3 is 9.64 Å². The van der Waals surface area contributed by atoms with E-state index >= 15 is 0 Å². The Morgan fingerprint density at radius 3 is 2.50 bits per heavy atom. The molecule has 0 amide bonds. The van der Waals surface area contributed by atoms with Crippen molar-refractivity contribution in [1.29, 1.82) is 5.26 Å². The summed E-state index contributed by atoms with van der Waals surface area (Å²) in [5, 5.41) is 9.43. The molecule has 0 aliphatic heterocycles. The van der Waals surface area contributed by atoms with Crippen LogP contribution in [-0.2, 0) is 0 Å². The number of rotatable bonds is 6.